The molecule has 2 aromatic heterocycles. The number of pyridine rings is 2. The number of hydrogen-bond donors (Lipinski definition) is 1. The summed E-state index contributed by atoms with van der Waals surface area (Å²) in [7, 11) is 0. The van der Waals surface area contributed by atoms with Crippen LogP contribution in [-0.2, 0) is 0 Å². The lowest BCUT2D eigenvalue weighted by Gasteiger charge is -2.14. The van der Waals surface area contributed by atoms with Gasteiger partial charge in [-0.3, -0.25) is 0 Å². The molecule has 0 fully saturated rings. The molecule has 0 radical (unpaired) electrons. The van der Waals surface area contributed by atoms with E-state index in [1.165, 1.54) is 6.20 Å². The second kappa shape index (κ2) is 7.41. The number of hydrogen-bond acceptors (Lipinski definition) is 4. The summed E-state index contributed by atoms with van der Waals surface area (Å²) in [6.07, 6.45) is 3.06. The summed E-state index contributed by atoms with van der Waals surface area (Å²) in [5.74, 6) is 2.25. The van der Waals surface area contributed by atoms with Crippen molar-refractivity contribution in [3.05, 3.63) is 74.1 Å². The van der Waals surface area contributed by atoms with Crippen molar-refractivity contribution < 1.29 is 9.47 Å². The van der Waals surface area contributed by atoms with E-state index in [1.807, 2.05) is 32.0 Å². The molecule has 1 aromatic carbocycles. The molecule has 0 saturated carbocycles. The van der Waals surface area contributed by atoms with E-state index >= 15 is 0 Å². The molecule has 0 amide bonds. The van der Waals surface area contributed by atoms with Crippen LogP contribution in [0.5, 0.6) is 11.5 Å². The van der Waals surface area contributed by atoms with E-state index in [-0.39, 0.29) is 0 Å². The highest BCUT2D eigenvalue weighted by molar-refractivity contribution is 9.10. The van der Waals surface area contributed by atoms with E-state index in [9.17, 15) is 5.21 Å². The third-order valence-corrected chi connectivity index (χ3v) is 4.45. The van der Waals surface area contributed by atoms with E-state index in [2.05, 4.69) is 42.2 Å². The fourth-order valence-electron chi connectivity index (χ4n) is 2.38. The summed E-state index contributed by atoms with van der Waals surface area (Å²) in [4.78, 5) is 4.21. The Balaban J connectivity index is 1.88. The van der Waals surface area contributed by atoms with Crippen molar-refractivity contribution in [3.63, 3.8) is 0 Å². The van der Waals surface area contributed by atoms with Crippen molar-refractivity contribution in [2.75, 3.05) is 5.32 Å². The standard InChI is InChI=1S/C18H15Br2N3O2/c1-11-7-14(20)8-12(2)18(11)25-15-5-6-23(24)17(9-15)22-16-4-3-13(19)10-21-16/h3-10H,1-2H3,(H,21,22). The van der Waals surface area contributed by atoms with Crippen molar-refractivity contribution in [3.8, 4) is 11.5 Å². The summed E-state index contributed by atoms with van der Waals surface area (Å²) in [5.41, 5.74) is 2.02. The molecule has 0 aliphatic rings. The molecule has 0 unspecified atom stereocenters. The van der Waals surface area contributed by atoms with Gasteiger partial charge >= 0.3 is 0 Å². The van der Waals surface area contributed by atoms with Crippen molar-refractivity contribution in [1.29, 1.82) is 0 Å². The van der Waals surface area contributed by atoms with E-state index in [0.29, 0.717) is 17.4 Å². The normalized spacial score (nSPS) is 10.6. The molecule has 0 aliphatic heterocycles. The van der Waals surface area contributed by atoms with Gasteiger partial charge in [0.05, 0.1) is 12.3 Å². The highest BCUT2D eigenvalue weighted by Crippen LogP contribution is 2.32. The Bertz CT molecular complexity index is 892. The first kappa shape index (κ1) is 17.7. The maximum Gasteiger partial charge on any atom is 0.287 e. The van der Waals surface area contributed by atoms with Gasteiger partial charge in [0.1, 0.15) is 11.5 Å². The van der Waals surface area contributed by atoms with Gasteiger partial charge in [-0.25, -0.2) is 15.0 Å². The van der Waals surface area contributed by atoms with Gasteiger partial charge in [0.25, 0.3) is 5.82 Å². The third kappa shape index (κ3) is 4.29. The average molecular weight is 465 g/mol. The quantitative estimate of drug-likeness (QED) is 0.415. The van der Waals surface area contributed by atoms with Crippen LogP contribution in [0.4, 0.5) is 11.6 Å². The fraction of sp³-hybridized carbons (Fsp3) is 0.111. The number of ether oxygens (including phenoxy) is 1. The van der Waals surface area contributed by atoms with Crippen LogP contribution in [0, 0.1) is 19.1 Å². The van der Waals surface area contributed by atoms with E-state index in [1.54, 1.807) is 24.4 Å². The van der Waals surface area contributed by atoms with Crippen molar-refractivity contribution in [1.82, 2.24) is 4.98 Å². The second-order valence-electron chi connectivity index (χ2n) is 5.53. The molecular formula is C18H15Br2N3O2. The van der Waals surface area contributed by atoms with E-state index in [4.69, 9.17) is 4.74 Å². The first-order chi connectivity index (χ1) is 11.9. The molecular weight excluding hydrogens is 450 g/mol. The molecule has 0 aliphatic carbocycles. The number of nitrogens with zero attached hydrogens (tertiary/aromatic N) is 2. The molecule has 0 spiro atoms. The van der Waals surface area contributed by atoms with Gasteiger partial charge < -0.3 is 9.94 Å². The van der Waals surface area contributed by atoms with Crippen LogP contribution < -0.4 is 14.8 Å². The van der Waals surface area contributed by atoms with Crippen molar-refractivity contribution in [2.24, 2.45) is 0 Å². The second-order valence-corrected chi connectivity index (χ2v) is 7.36. The summed E-state index contributed by atoms with van der Waals surface area (Å²) in [6.45, 7) is 3.96. The SMILES string of the molecule is Cc1cc(Br)cc(C)c1Oc1cc[n+]([O-])c(Nc2ccc(Br)cn2)c1. The maximum atomic E-state index is 12.0. The highest BCUT2D eigenvalue weighted by Gasteiger charge is 2.12. The van der Waals surface area contributed by atoms with Gasteiger partial charge in [0.15, 0.2) is 0 Å². The predicted molar refractivity (Wildman–Crippen MR) is 104 cm³/mol. The molecule has 128 valence electrons. The summed E-state index contributed by atoms with van der Waals surface area (Å²) in [5, 5.41) is 15.0. The first-order valence-corrected chi connectivity index (χ1v) is 9.07. The molecule has 0 saturated heterocycles. The Morgan fingerprint density at radius 1 is 1.04 bits per heavy atom. The lowest BCUT2D eigenvalue weighted by Crippen LogP contribution is -2.29. The molecule has 3 rings (SSSR count). The number of aromatic nitrogens is 2. The third-order valence-electron chi connectivity index (χ3n) is 3.52. The largest absolute Gasteiger partial charge is 0.711 e. The minimum absolute atomic E-state index is 0.333. The van der Waals surface area contributed by atoms with Crippen molar-refractivity contribution in [2.45, 2.75) is 13.8 Å². The molecule has 25 heavy (non-hydrogen) atoms. The number of rotatable bonds is 4. The molecule has 3 aromatic rings. The lowest BCUT2D eigenvalue weighted by molar-refractivity contribution is -0.590. The minimum Gasteiger partial charge on any atom is -0.711 e. The number of nitrogens with one attached hydrogen (secondary N) is 1. The molecule has 0 bridgehead atoms. The zero-order valence-electron chi connectivity index (χ0n) is 13.6. The van der Waals surface area contributed by atoms with Crippen LogP contribution >= 0.6 is 31.9 Å². The predicted octanol–water partition coefficient (Wildman–Crippen LogP) is 5.39. The summed E-state index contributed by atoms with van der Waals surface area (Å²) >= 11 is 6.81. The highest BCUT2D eigenvalue weighted by atomic mass is 79.9. The molecule has 5 nitrogen and oxygen atoms in total. The molecule has 0 atom stereocenters. The Labute approximate surface area is 162 Å². The number of halogens is 2. The van der Waals surface area contributed by atoms with Gasteiger partial charge in [0.2, 0.25) is 5.82 Å². The zero-order valence-corrected chi connectivity index (χ0v) is 16.8. The first-order valence-electron chi connectivity index (χ1n) is 7.49. The topological polar surface area (TPSA) is 61.1 Å². The monoisotopic (exact) mass is 463 g/mol. The smallest absolute Gasteiger partial charge is 0.287 e. The van der Waals surface area contributed by atoms with Crippen LogP contribution in [0.2, 0.25) is 0 Å². The van der Waals surface area contributed by atoms with Gasteiger partial charge in [-0.05, 0) is 59.1 Å². The molecule has 7 heteroatoms. The van der Waals surface area contributed by atoms with Crippen LogP contribution in [0.25, 0.3) is 0 Å². The molecule has 1 N–H and O–H groups in total. The van der Waals surface area contributed by atoms with Crippen LogP contribution in [0.1, 0.15) is 11.1 Å². The minimum atomic E-state index is 0.333. The van der Waals surface area contributed by atoms with Crippen LogP contribution in [0.15, 0.2) is 57.7 Å². The summed E-state index contributed by atoms with van der Waals surface area (Å²) in [6, 6.07) is 10.9. The lowest BCUT2D eigenvalue weighted by atomic mass is 10.1. The number of benzene rings is 1. The Morgan fingerprint density at radius 3 is 2.40 bits per heavy atom. The van der Waals surface area contributed by atoms with Gasteiger partial charge in [-0.15, -0.1) is 0 Å². The van der Waals surface area contributed by atoms with Gasteiger partial charge in [0, 0.05) is 27.3 Å². The molecule has 2 heterocycles. The van der Waals surface area contributed by atoms with Crippen LogP contribution in [-0.4, -0.2) is 4.98 Å². The number of anilines is 2. The zero-order chi connectivity index (χ0) is 18.0. The van der Waals surface area contributed by atoms with Gasteiger partial charge in [-0.2, -0.15) is 0 Å². The maximum absolute atomic E-state index is 12.0. The Hall–Kier alpha value is -2.12. The van der Waals surface area contributed by atoms with Crippen LogP contribution in [0.3, 0.4) is 0 Å². The van der Waals surface area contributed by atoms with E-state index < -0.39 is 0 Å². The average Bonchev–Trinajstić information content (AvgIpc) is 2.56. The van der Waals surface area contributed by atoms with Gasteiger partial charge in [-0.1, -0.05) is 15.9 Å². The Kier molecular flexibility index (Phi) is 5.24. The Morgan fingerprint density at radius 2 is 1.76 bits per heavy atom. The van der Waals surface area contributed by atoms with Crippen molar-refractivity contribution >= 4 is 43.5 Å². The van der Waals surface area contributed by atoms with E-state index in [0.717, 1.165) is 30.6 Å². The summed E-state index contributed by atoms with van der Waals surface area (Å²) < 4.78 is 8.61. The fourth-order valence-corrected chi connectivity index (χ4v) is 3.30. The number of aryl methyl sites for hydroxylation is 2.